The number of aliphatic hydroxyl groups is 1. The van der Waals surface area contributed by atoms with Gasteiger partial charge in [-0.15, -0.1) is 0 Å². The molecular weight excluding hydrogens is 224 g/mol. The Morgan fingerprint density at radius 3 is 2.88 bits per heavy atom. The number of nitriles is 1. The number of nitrogens with zero attached hydrogens (tertiary/aromatic N) is 2. The van der Waals surface area contributed by atoms with E-state index < -0.39 is 6.10 Å². The molecule has 3 nitrogen and oxygen atoms in total. The Labute approximate surface area is 101 Å². The van der Waals surface area contributed by atoms with Crippen molar-refractivity contribution in [1.82, 2.24) is 4.90 Å². The van der Waals surface area contributed by atoms with Crippen molar-refractivity contribution in [3.63, 3.8) is 0 Å². The third-order valence-electron chi connectivity index (χ3n) is 2.41. The van der Waals surface area contributed by atoms with Gasteiger partial charge in [0.15, 0.2) is 0 Å². The lowest BCUT2D eigenvalue weighted by Crippen LogP contribution is -2.28. The third-order valence-corrected chi connectivity index (χ3v) is 2.64. The van der Waals surface area contributed by atoms with Gasteiger partial charge in [-0.2, -0.15) is 5.26 Å². The van der Waals surface area contributed by atoms with Gasteiger partial charge in [-0.1, -0.05) is 30.7 Å². The second-order valence-electron chi connectivity index (χ2n) is 3.56. The molecule has 1 N–H and O–H groups in total. The second kappa shape index (κ2) is 6.49. The number of benzene rings is 1. The van der Waals surface area contributed by atoms with E-state index >= 15 is 0 Å². The summed E-state index contributed by atoms with van der Waals surface area (Å²) in [6.07, 6.45) is -0.605. The van der Waals surface area contributed by atoms with Gasteiger partial charge < -0.3 is 5.11 Å². The van der Waals surface area contributed by atoms with Crippen LogP contribution in [-0.4, -0.2) is 29.6 Å². The molecule has 0 saturated carbocycles. The summed E-state index contributed by atoms with van der Waals surface area (Å²) in [6.45, 7) is 3.48. The van der Waals surface area contributed by atoms with E-state index in [-0.39, 0.29) is 0 Å². The molecule has 0 saturated heterocycles. The van der Waals surface area contributed by atoms with Gasteiger partial charge >= 0.3 is 0 Å². The van der Waals surface area contributed by atoms with Gasteiger partial charge in [0.2, 0.25) is 0 Å². The Hall–Kier alpha value is -1.08. The lowest BCUT2D eigenvalue weighted by atomic mass is 10.1. The summed E-state index contributed by atoms with van der Waals surface area (Å²) in [5, 5.41) is 19.2. The van der Waals surface area contributed by atoms with Crippen molar-refractivity contribution < 1.29 is 5.11 Å². The number of halogens is 1. The van der Waals surface area contributed by atoms with Crippen molar-refractivity contribution in [1.29, 1.82) is 5.26 Å². The molecule has 0 aromatic heterocycles. The van der Waals surface area contributed by atoms with Gasteiger partial charge in [0.1, 0.15) is 0 Å². The van der Waals surface area contributed by atoms with Crippen molar-refractivity contribution in [3.05, 3.63) is 34.9 Å². The van der Waals surface area contributed by atoms with E-state index in [9.17, 15) is 5.11 Å². The van der Waals surface area contributed by atoms with Crippen LogP contribution in [0.3, 0.4) is 0 Å². The molecule has 1 atom stereocenters. The summed E-state index contributed by atoms with van der Waals surface area (Å²) >= 11 is 5.84. The van der Waals surface area contributed by atoms with E-state index in [1.54, 1.807) is 12.1 Å². The average molecular weight is 239 g/mol. The standard InChI is InChI=1S/C12H15ClN2O/c1-2-15(7-6-14)9-12(16)10-4-3-5-11(13)8-10/h3-5,8,12,16H,2,7,9H2,1H3. The monoisotopic (exact) mass is 238 g/mol. The Kier molecular flexibility index (Phi) is 5.27. The zero-order chi connectivity index (χ0) is 12.0. The fourth-order valence-electron chi connectivity index (χ4n) is 1.47. The van der Waals surface area contributed by atoms with Gasteiger partial charge in [-0.25, -0.2) is 0 Å². The summed E-state index contributed by atoms with van der Waals surface area (Å²) in [4.78, 5) is 1.88. The minimum absolute atomic E-state index is 0.328. The number of aliphatic hydroxyl groups excluding tert-OH is 1. The Morgan fingerprint density at radius 2 is 2.31 bits per heavy atom. The molecule has 86 valence electrons. The number of hydrogen-bond acceptors (Lipinski definition) is 3. The molecule has 0 aliphatic carbocycles. The molecule has 0 heterocycles. The van der Waals surface area contributed by atoms with Crippen LogP contribution in [0.1, 0.15) is 18.6 Å². The fraction of sp³-hybridized carbons (Fsp3) is 0.417. The lowest BCUT2D eigenvalue weighted by Gasteiger charge is -2.20. The van der Waals surface area contributed by atoms with E-state index in [2.05, 4.69) is 6.07 Å². The SMILES string of the molecule is CCN(CC#N)CC(O)c1cccc(Cl)c1. The maximum atomic E-state index is 9.96. The summed E-state index contributed by atoms with van der Waals surface area (Å²) in [5.41, 5.74) is 0.781. The van der Waals surface area contributed by atoms with Crippen LogP contribution >= 0.6 is 11.6 Å². The molecule has 0 fully saturated rings. The minimum Gasteiger partial charge on any atom is -0.387 e. The maximum Gasteiger partial charge on any atom is 0.0917 e. The van der Waals surface area contributed by atoms with Crippen molar-refractivity contribution >= 4 is 11.6 Å². The van der Waals surface area contributed by atoms with Crippen molar-refractivity contribution in [2.45, 2.75) is 13.0 Å². The summed E-state index contributed by atoms with van der Waals surface area (Å²) in [5.74, 6) is 0. The maximum absolute atomic E-state index is 9.96. The molecular formula is C12H15ClN2O. The Bertz CT molecular complexity index is 376. The average Bonchev–Trinajstić information content (AvgIpc) is 2.28. The molecule has 0 spiro atoms. The highest BCUT2D eigenvalue weighted by molar-refractivity contribution is 6.30. The lowest BCUT2D eigenvalue weighted by molar-refractivity contribution is 0.123. The highest BCUT2D eigenvalue weighted by Crippen LogP contribution is 2.18. The summed E-state index contributed by atoms with van der Waals surface area (Å²) < 4.78 is 0. The first kappa shape index (κ1) is 13.0. The third kappa shape index (κ3) is 3.82. The number of rotatable bonds is 5. The van der Waals surface area contributed by atoms with Crippen LogP contribution in [0, 0.1) is 11.3 Å². The van der Waals surface area contributed by atoms with Crippen LogP contribution in [0.5, 0.6) is 0 Å². The Morgan fingerprint density at radius 1 is 1.56 bits per heavy atom. The van der Waals surface area contributed by atoms with E-state index in [4.69, 9.17) is 16.9 Å². The minimum atomic E-state index is -0.605. The normalized spacial score (nSPS) is 12.4. The van der Waals surface area contributed by atoms with Crippen LogP contribution in [0.2, 0.25) is 5.02 Å². The van der Waals surface area contributed by atoms with Crippen LogP contribution in [0.25, 0.3) is 0 Å². The second-order valence-corrected chi connectivity index (χ2v) is 3.99. The predicted octanol–water partition coefficient (Wildman–Crippen LogP) is 2.22. The van der Waals surface area contributed by atoms with Crippen LogP contribution in [0.15, 0.2) is 24.3 Å². The van der Waals surface area contributed by atoms with Crippen molar-refractivity contribution in [2.24, 2.45) is 0 Å². The van der Waals surface area contributed by atoms with Crippen LogP contribution in [-0.2, 0) is 0 Å². The summed E-state index contributed by atoms with van der Waals surface area (Å²) in [6, 6.07) is 9.22. The molecule has 0 aliphatic heterocycles. The zero-order valence-electron chi connectivity index (χ0n) is 9.23. The smallest absolute Gasteiger partial charge is 0.0917 e. The molecule has 0 amide bonds. The fourth-order valence-corrected chi connectivity index (χ4v) is 1.67. The van der Waals surface area contributed by atoms with E-state index in [1.807, 2.05) is 24.0 Å². The van der Waals surface area contributed by atoms with Gasteiger partial charge in [-0.05, 0) is 24.2 Å². The molecule has 0 radical (unpaired) electrons. The number of likely N-dealkylation sites (N-methyl/N-ethyl adjacent to an activating group) is 1. The summed E-state index contributed by atoms with van der Waals surface area (Å²) in [7, 11) is 0. The molecule has 0 aliphatic rings. The molecule has 1 aromatic rings. The first-order chi connectivity index (χ1) is 7.67. The van der Waals surface area contributed by atoms with Gasteiger partial charge in [-0.3, -0.25) is 4.90 Å². The zero-order valence-corrected chi connectivity index (χ0v) is 9.98. The van der Waals surface area contributed by atoms with Gasteiger partial charge in [0.25, 0.3) is 0 Å². The quantitative estimate of drug-likeness (QED) is 0.801. The van der Waals surface area contributed by atoms with E-state index in [0.29, 0.717) is 18.1 Å². The van der Waals surface area contributed by atoms with E-state index in [0.717, 1.165) is 12.1 Å². The van der Waals surface area contributed by atoms with Crippen molar-refractivity contribution in [2.75, 3.05) is 19.6 Å². The molecule has 1 rings (SSSR count). The molecule has 4 heteroatoms. The molecule has 1 unspecified atom stereocenters. The topological polar surface area (TPSA) is 47.3 Å². The highest BCUT2D eigenvalue weighted by atomic mass is 35.5. The van der Waals surface area contributed by atoms with Crippen LogP contribution in [0.4, 0.5) is 0 Å². The molecule has 0 bridgehead atoms. The van der Waals surface area contributed by atoms with Gasteiger partial charge in [0, 0.05) is 11.6 Å². The van der Waals surface area contributed by atoms with Crippen molar-refractivity contribution in [3.8, 4) is 6.07 Å². The first-order valence-electron chi connectivity index (χ1n) is 5.20. The number of hydrogen-bond donors (Lipinski definition) is 1. The predicted molar refractivity (Wildman–Crippen MR) is 64.1 cm³/mol. The van der Waals surface area contributed by atoms with Crippen LogP contribution < -0.4 is 0 Å². The largest absolute Gasteiger partial charge is 0.387 e. The van der Waals surface area contributed by atoms with Gasteiger partial charge in [0.05, 0.1) is 18.7 Å². The molecule has 16 heavy (non-hydrogen) atoms. The highest BCUT2D eigenvalue weighted by Gasteiger charge is 2.12. The molecule has 1 aromatic carbocycles. The Balaban J connectivity index is 2.64. The first-order valence-corrected chi connectivity index (χ1v) is 5.58. The van der Waals surface area contributed by atoms with E-state index in [1.165, 1.54) is 0 Å².